The molecule has 0 aliphatic rings. The van der Waals surface area contributed by atoms with E-state index in [2.05, 4.69) is 5.92 Å². The van der Waals surface area contributed by atoms with Gasteiger partial charge in [0.1, 0.15) is 5.75 Å². The zero-order valence-electron chi connectivity index (χ0n) is 5.33. The molecule has 50 valence electrons. The quantitative estimate of drug-likeness (QED) is 0.409. The van der Waals surface area contributed by atoms with E-state index in [-0.39, 0.29) is 5.75 Å². The number of aromatic hydroxyl groups is 1. The van der Waals surface area contributed by atoms with Crippen molar-refractivity contribution in [3.63, 3.8) is 0 Å². The molecular formula is C8H7NO. The molecule has 0 heterocycles. The monoisotopic (exact) mass is 133 g/mol. The van der Waals surface area contributed by atoms with Crippen molar-refractivity contribution in [2.45, 2.75) is 0 Å². The molecule has 2 heteroatoms. The predicted octanol–water partition coefficient (Wildman–Crippen LogP) is 0.956. The smallest absolute Gasteiger partial charge is 0.133 e. The van der Waals surface area contributed by atoms with Gasteiger partial charge in [0.2, 0.25) is 0 Å². The molecule has 0 radical (unpaired) electrons. The first-order chi connectivity index (χ1) is 4.74. The SMILES string of the molecule is C#Cc1ccc(N)cc1O. The van der Waals surface area contributed by atoms with Crippen LogP contribution < -0.4 is 5.73 Å². The van der Waals surface area contributed by atoms with Gasteiger partial charge < -0.3 is 10.8 Å². The standard InChI is InChI=1S/C8H7NO/c1-2-6-3-4-7(9)5-8(6)10/h1,3-5,10H,9H2. The average Bonchev–Trinajstić information content (AvgIpc) is 1.88. The van der Waals surface area contributed by atoms with Crippen molar-refractivity contribution in [3.05, 3.63) is 23.8 Å². The predicted molar refractivity (Wildman–Crippen MR) is 40.5 cm³/mol. The molecule has 1 aromatic rings. The maximum Gasteiger partial charge on any atom is 0.133 e. The van der Waals surface area contributed by atoms with Crippen LogP contribution in [-0.2, 0) is 0 Å². The second kappa shape index (κ2) is 2.32. The first kappa shape index (κ1) is 6.50. The van der Waals surface area contributed by atoms with E-state index in [0.29, 0.717) is 11.3 Å². The summed E-state index contributed by atoms with van der Waals surface area (Å²) in [7, 11) is 0. The molecular weight excluding hydrogens is 126 g/mol. The van der Waals surface area contributed by atoms with Gasteiger partial charge >= 0.3 is 0 Å². The Morgan fingerprint density at radius 3 is 2.70 bits per heavy atom. The molecule has 0 aromatic heterocycles. The normalized spacial score (nSPS) is 8.70. The Labute approximate surface area is 59.3 Å². The highest BCUT2D eigenvalue weighted by Crippen LogP contribution is 2.18. The van der Waals surface area contributed by atoms with Crippen molar-refractivity contribution in [3.8, 4) is 18.1 Å². The third-order valence-corrected chi connectivity index (χ3v) is 1.18. The molecule has 0 spiro atoms. The number of anilines is 1. The Morgan fingerprint density at radius 2 is 2.20 bits per heavy atom. The van der Waals surface area contributed by atoms with Crippen LogP contribution in [0.3, 0.4) is 0 Å². The summed E-state index contributed by atoms with van der Waals surface area (Å²) < 4.78 is 0. The molecule has 0 amide bonds. The average molecular weight is 133 g/mol. The van der Waals surface area contributed by atoms with Gasteiger partial charge in [0.15, 0.2) is 0 Å². The minimum Gasteiger partial charge on any atom is -0.507 e. The largest absolute Gasteiger partial charge is 0.507 e. The van der Waals surface area contributed by atoms with Crippen molar-refractivity contribution in [1.82, 2.24) is 0 Å². The fraction of sp³-hybridized carbons (Fsp3) is 0. The number of benzene rings is 1. The highest BCUT2D eigenvalue weighted by Gasteiger charge is 1.95. The second-order valence-electron chi connectivity index (χ2n) is 1.92. The van der Waals surface area contributed by atoms with Gasteiger partial charge in [-0.3, -0.25) is 0 Å². The highest BCUT2D eigenvalue weighted by molar-refractivity contribution is 5.53. The summed E-state index contributed by atoms with van der Waals surface area (Å²) in [5, 5.41) is 9.07. The van der Waals surface area contributed by atoms with Gasteiger partial charge in [0.25, 0.3) is 0 Å². The Balaban J connectivity index is 3.23. The summed E-state index contributed by atoms with van der Waals surface area (Å²) in [6.45, 7) is 0. The molecule has 0 atom stereocenters. The fourth-order valence-corrected chi connectivity index (χ4v) is 0.671. The van der Waals surface area contributed by atoms with Crippen LogP contribution in [0.25, 0.3) is 0 Å². The topological polar surface area (TPSA) is 46.2 Å². The van der Waals surface area contributed by atoms with Crippen molar-refractivity contribution >= 4 is 5.69 Å². The summed E-state index contributed by atoms with van der Waals surface area (Å²) in [4.78, 5) is 0. The van der Waals surface area contributed by atoms with Gasteiger partial charge in [-0.15, -0.1) is 6.42 Å². The lowest BCUT2D eigenvalue weighted by molar-refractivity contribution is 0.474. The molecule has 0 aliphatic carbocycles. The van der Waals surface area contributed by atoms with Gasteiger partial charge in [0, 0.05) is 11.8 Å². The van der Waals surface area contributed by atoms with Crippen molar-refractivity contribution in [1.29, 1.82) is 0 Å². The van der Waals surface area contributed by atoms with Crippen LogP contribution in [0, 0.1) is 12.3 Å². The van der Waals surface area contributed by atoms with Gasteiger partial charge in [-0.1, -0.05) is 5.92 Å². The maximum absolute atomic E-state index is 9.07. The van der Waals surface area contributed by atoms with E-state index < -0.39 is 0 Å². The molecule has 0 aliphatic heterocycles. The Bertz CT molecular complexity index is 286. The third kappa shape index (κ3) is 1.03. The Hall–Kier alpha value is -1.62. The Kier molecular flexibility index (Phi) is 1.51. The number of hydrogen-bond donors (Lipinski definition) is 2. The number of nitrogen functional groups attached to an aromatic ring is 1. The van der Waals surface area contributed by atoms with Crippen LogP contribution in [0.15, 0.2) is 18.2 Å². The second-order valence-corrected chi connectivity index (χ2v) is 1.92. The van der Waals surface area contributed by atoms with Crippen molar-refractivity contribution in [2.75, 3.05) is 5.73 Å². The van der Waals surface area contributed by atoms with Gasteiger partial charge in [0.05, 0.1) is 5.56 Å². The first-order valence-electron chi connectivity index (χ1n) is 2.79. The number of terminal acetylenes is 1. The van der Waals surface area contributed by atoms with Crippen LogP contribution in [0.5, 0.6) is 5.75 Å². The maximum atomic E-state index is 9.07. The molecule has 1 rings (SSSR count). The van der Waals surface area contributed by atoms with Crippen LogP contribution >= 0.6 is 0 Å². The number of phenolic OH excluding ortho intramolecular Hbond substituents is 1. The zero-order chi connectivity index (χ0) is 7.56. The molecule has 3 N–H and O–H groups in total. The lowest BCUT2D eigenvalue weighted by atomic mass is 10.2. The fourth-order valence-electron chi connectivity index (χ4n) is 0.671. The molecule has 2 nitrogen and oxygen atoms in total. The summed E-state index contributed by atoms with van der Waals surface area (Å²) in [6.07, 6.45) is 5.05. The molecule has 0 saturated heterocycles. The van der Waals surface area contributed by atoms with Gasteiger partial charge in [-0.2, -0.15) is 0 Å². The Morgan fingerprint density at radius 1 is 1.50 bits per heavy atom. The molecule has 1 aromatic carbocycles. The number of phenols is 1. The van der Waals surface area contributed by atoms with E-state index in [1.54, 1.807) is 12.1 Å². The van der Waals surface area contributed by atoms with Crippen LogP contribution in [0.2, 0.25) is 0 Å². The van der Waals surface area contributed by atoms with Gasteiger partial charge in [-0.25, -0.2) is 0 Å². The number of rotatable bonds is 0. The van der Waals surface area contributed by atoms with E-state index in [1.165, 1.54) is 6.07 Å². The third-order valence-electron chi connectivity index (χ3n) is 1.18. The first-order valence-corrected chi connectivity index (χ1v) is 2.79. The molecule has 0 fully saturated rings. The lowest BCUT2D eigenvalue weighted by Crippen LogP contribution is -1.84. The number of hydrogen-bond acceptors (Lipinski definition) is 2. The zero-order valence-corrected chi connectivity index (χ0v) is 5.33. The van der Waals surface area contributed by atoms with E-state index in [4.69, 9.17) is 17.3 Å². The van der Waals surface area contributed by atoms with E-state index >= 15 is 0 Å². The van der Waals surface area contributed by atoms with Gasteiger partial charge in [-0.05, 0) is 12.1 Å². The molecule has 10 heavy (non-hydrogen) atoms. The molecule has 0 bridgehead atoms. The number of nitrogens with two attached hydrogens (primary N) is 1. The summed E-state index contributed by atoms with van der Waals surface area (Å²) in [5.74, 6) is 2.37. The molecule has 0 unspecified atom stereocenters. The summed E-state index contributed by atoms with van der Waals surface area (Å²) >= 11 is 0. The summed E-state index contributed by atoms with van der Waals surface area (Å²) in [6, 6.07) is 4.68. The van der Waals surface area contributed by atoms with E-state index in [1.807, 2.05) is 0 Å². The highest BCUT2D eigenvalue weighted by atomic mass is 16.3. The van der Waals surface area contributed by atoms with Crippen LogP contribution in [-0.4, -0.2) is 5.11 Å². The van der Waals surface area contributed by atoms with Crippen molar-refractivity contribution in [2.24, 2.45) is 0 Å². The molecule has 0 saturated carbocycles. The van der Waals surface area contributed by atoms with Crippen molar-refractivity contribution < 1.29 is 5.11 Å². The summed E-state index contributed by atoms with van der Waals surface area (Å²) in [5.41, 5.74) is 6.33. The van der Waals surface area contributed by atoms with E-state index in [0.717, 1.165) is 0 Å². The minimum atomic E-state index is 0.0579. The lowest BCUT2D eigenvalue weighted by Gasteiger charge is -1.96. The minimum absolute atomic E-state index is 0.0579. The van der Waals surface area contributed by atoms with Crippen LogP contribution in [0.1, 0.15) is 5.56 Å². The van der Waals surface area contributed by atoms with Crippen LogP contribution in [0.4, 0.5) is 5.69 Å². The van der Waals surface area contributed by atoms with E-state index in [9.17, 15) is 0 Å².